The molecule has 0 spiro atoms. The van der Waals surface area contributed by atoms with Crippen LogP contribution >= 0.6 is 12.4 Å². The molecule has 0 aromatic carbocycles. The molecule has 5 aliphatic rings. The Balaban J connectivity index is 0.00000110. The van der Waals surface area contributed by atoms with Gasteiger partial charge in [0.05, 0.1) is 11.7 Å². The largest absolute Gasteiger partial charge is 0.475 e. The lowest BCUT2D eigenvalue weighted by atomic mass is 9.43. The smallest absolute Gasteiger partial charge is 0.404 e. The second-order valence-corrected chi connectivity index (χ2v) is 7.54. The van der Waals surface area contributed by atoms with Crippen LogP contribution in [-0.4, -0.2) is 31.3 Å². The van der Waals surface area contributed by atoms with Crippen LogP contribution in [0.15, 0.2) is 0 Å². The average Bonchev–Trinajstić information content (AvgIpc) is 2.92. The lowest BCUT2D eigenvalue weighted by molar-refractivity contribution is -0.199. The molecular formula is C14H25BClNO2. The number of nitrogens with one attached hydrogen (secondary N) is 1. The summed E-state index contributed by atoms with van der Waals surface area (Å²) in [6, 6.07) is 0. The summed E-state index contributed by atoms with van der Waals surface area (Å²) in [4.78, 5) is 0. The van der Waals surface area contributed by atoms with Gasteiger partial charge in [-0.1, -0.05) is 13.8 Å². The molecule has 0 amide bonds. The average molecular weight is 286 g/mol. The van der Waals surface area contributed by atoms with E-state index in [4.69, 9.17) is 9.31 Å². The fraction of sp³-hybridized carbons (Fsp3) is 1.00. The number of halogens is 1. The predicted octanol–water partition coefficient (Wildman–Crippen LogP) is 2.43. The monoisotopic (exact) mass is 285 g/mol. The maximum Gasteiger partial charge on any atom is 0.475 e. The van der Waals surface area contributed by atoms with Crippen molar-refractivity contribution < 1.29 is 9.31 Å². The lowest BCUT2D eigenvalue weighted by Crippen LogP contribution is -2.65. The Morgan fingerprint density at radius 1 is 1.21 bits per heavy atom. The Bertz CT molecular complexity index is 374. The zero-order chi connectivity index (χ0) is 12.5. The van der Waals surface area contributed by atoms with Gasteiger partial charge in [-0.2, -0.15) is 0 Å². The van der Waals surface area contributed by atoms with Crippen molar-refractivity contribution in [2.45, 2.75) is 64.1 Å². The molecule has 5 rings (SSSR count). The van der Waals surface area contributed by atoms with Crippen LogP contribution in [0.2, 0.25) is 0 Å². The molecule has 5 heteroatoms. The normalized spacial score (nSPS) is 50.4. The molecule has 2 bridgehead atoms. The second-order valence-electron chi connectivity index (χ2n) is 7.54. The SMILES string of the molecule is CC1(C)[C@H]2C[C@@H]3OB([C@H]4CCCN4)O[C@@]3(C)[C@@H]1C2.Cl. The third kappa shape index (κ3) is 1.76. The molecule has 0 radical (unpaired) electrons. The van der Waals surface area contributed by atoms with E-state index in [0.29, 0.717) is 23.4 Å². The van der Waals surface area contributed by atoms with E-state index in [9.17, 15) is 0 Å². The minimum Gasteiger partial charge on any atom is -0.404 e. The summed E-state index contributed by atoms with van der Waals surface area (Å²) in [5, 5.41) is 3.52. The summed E-state index contributed by atoms with van der Waals surface area (Å²) >= 11 is 0. The Kier molecular flexibility index (Phi) is 3.26. The molecule has 3 saturated carbocycles. The molecule has 5 fully saturated rings. The van der Waals surface area contributed by atoms with Crippen molar-refractivity contribution in [2.75, 3.05) is 6.54 Å². The maximum absolute atomic E-state index is 6.44. The van der Waals surface area contributed by atoms with E-state index < -0.39 is 0 Å². The maximum atomic E-state index is 6.44. The molecule has 2 aliphatic heterocycles. The first-order valence-corrected chi connectivity index (χ1v) is 7.58. The van der Waals surface area contributed by atoms with E-state index in [1.807, 2.05) is 0 Å². The number of hydrogen-bond donors (Lipinski definition) is 1. The summed E-state index contributed by atoms with van der Waals surface area (Å²) < 4.78 is 12.7. The fourth-order valence-corrected chi connectivity index (χ4v) is 5.01. The molecule has 0 aromatic heterocycles. The van der Waals surface area contributed by atoms with E-state index in [-0.39, 0.29) is 25.1 Å². The molecule has 3 nitrogen and oxygen atoms in total. The van der Waals surface area contributed by atoms with Crippen LogP contribution in [0.3, 0.4) is 0 Å². The van der Waals surface area contributed by atoms with Crippen molar-refractivity contribution in [3.05, 3.63) is 0 Å². The number of rotatable bonds is 1. The Morgan fingerprint density at radius 2 is 2.00 bits per heavy atom. The van der Waals surface area contributed by atoms with Crippen LogP contribution in [0.25, 0.3) is 0 Å². The van der Waals surface area contributed by atoms with Crippen LogP contribution in [0.1, 0.15) is 46.5 Å². The fourth-order valence-electron chi connectivity index (χ4n) is 5.01. The van der Waals surface area contributed by atoms with Gasteiger partial charge in [-0.25, -0.2) is 0 Å². The van der Waals surface area contributed by atoms with Gasteiger partial charge in [0, 0.05) is 5.94 Å². The van der Waals surface area contributed by atoms with Gasteiger partial charge in [0.1, 0.15) is 0 Å². The molecule has 5 atom stereocenters. The Morgan fingerprint density at radius 3 is 2.63 bits per heavy atom. The molecule has 0 aromatic rings. The highest BCUT2D eigenvalue weighted by Gasteiger charge is 2.68. The van der Waals surface area contributed by atoms with Crippen molar-refractivity contribution >= 4 is 19.5 Å². The molecule has 0 unspecified atom stereocenters. The third-order valence-electron chi connectivity index (χ3n) is 6.40. The molecule has 2 saturated heterocycles. The first kappa shape index (κ1) is 14.2. The number of hydrogen-bond acceptors (Lipinski definition) is 3. The van der Waals surface area contributed by atoms with Gasteiger partial charge in [-0.3, -0.25) is 0 Å². The summed E-state index contributed by atoms with van der Waals surface area (Å²) in [6.07, 6.45) is 5.33. The van der Waals surface area contributed by atoms with Crippen LogP contribution in [0.4, 0.5) is 0 Å². The zero-order valence-corrected chi connectivity index (χ0v) is 13.0. The van der Waals surface area contributed by atoms with Gasteiger partial charge in [0.15, 0.2) is 0 Å². The van der Waals surface area contributed by atoms with Crippen LogP contribution < -0.4 is 5.32 Å². The topological polar surface area (TPSA) is 30.5 Å². The van der Waals surface area contributed by atoms with Crippen LogP contribution in [0, 0.1) is 17.3 Å². The summed E-state index contributed by atoms with van der Waals surface area (Å²) in [6.45, 7) is 8.25. The van der Waals surface area contributed by atoms with E-state index >= 15 is 0 Å². The van der Waals surface area contributed by atoms with Gasteiger partial charge < -0.3 is 14.6 Å². The molecule has 2 heterocycles. The minimum absolute atomic E-state index is 0. The molecule has 19 heavy (non-hydrogen) atoms. The van der Waals surface area contributed by atoms with Crippen molar-refractivity contribution in [3.63, 3.8) is 0 Å². The minimum atomic E-state index is -0.0345. The lowest BCUT2D eigenvalue weighted by Gasteiger charge is -2.64. The summed E-state index contributed by atoms with van der Waals surface area (Å²) in [5.41, 5.74) is 0.416. The Hall–Kier alpha value is 0.235. The Labute approximate surface area is 122 Å². The molecule has 108 valence electrons. The van der Waals surface area contributed by atoms with Gasteiger partial charge in [0.25, 0.3) is 0 Å². The van der Waals surface area contributed by atoms with Crippen molar-refractivity contribution in [2.24, 2.45) is 17.3 Å². The first-order chi connectivity index (χ1) is 8.52. The molecule has 3 aliphatic carbocycles. The highest BCUT2D eigenvalue weighted by molar-refractivity contribution is 6.47. The third-order valence-corrected chi connectivity index (χ3v) is 6.40. The highest BCUT2D eigenvalue weighted by atomic mass is 35.5. The van der Waals surface area contributed by atoms with Gasteiger partial charge in [-0.05, 0) is 56.4 Å². The van der Waals surface area contributed by atoms with Gasteiger partial charge >= 0.3 is 7.12 Å². The van der Waals surface area contributed by atoms with E-state index in [0.717, 1.165) is 12.5 Å². The quantitative estimate of drug-likeness (QED) is 0.751. The van der Waals surface area contributed by atoms with Crippen molar-refractivity contribution in [1.82, 2.24) is 5.32 Å². The standard InChI is InChI=1S/C14H24BNO2.ClH/c1-13(2)9-7-10(13)14(3)11(8-9)17-15(18-14)12-5-4-6-16-12;/h9-12,16H,4-8H2,1-3H3;1H/t9-,10-,11+,12-,14+;/m1./s1. The first-order valence-electron chi connectivity index (χ1n) is 7.58. The zero-order valence-electron chi connectivity index (χ0n) is 12.1. The van der Waals surface area contributed by atoms with E-state index in [1.54, 1.807) is 0 Å². The van der Waals surface area contributed by atoms with Crippen LogP contribution in [0.5, 0.6) is 0 Å². The van der Waals surface area contributed by atoms with Gasteiger partial charge in [0.2, 0.25) is 0 Å². The van der Waals surface area contributed by atoms with Crippen LogP contribution in [-0.2, 0) is 9.31 Å². The molecular weight excluding hydrogens is 260 g/mol. The molecule has 1 N–H and O–H groups in total. The summed E-state index contributed by atoms with van der Waals surface area (Å²) in [5.74, 6) is 1.95. The van der Waals surface area contributed by atoms with E-state index in [1.165, 1.54) is 25.7 Å². The summed E-state index contributed by atoms with van der Waals surface area (Å²) in [7, 11) is -0.00218. The van der Waals surface area contributed by atoms with Crippen molar-refractivity contribution in [3.8, 4) is 0 Å². The van der Waals surface area contributed by atoms with E-state index in [2.05, 4.69) is 26.1 Å². The highest BCUT2D eigenvalue weighted by Crippen LogP contribution is 2.65. The second kappa shape index (κ2) is 4.36. The van der Waals surface area contributed by atoms with Crippen molar-refractivity contribution in [1.29, 1.82) is 0 Å². The predicted molar refractivity (Wildman–Crippen MR) is 78.4 cm³/mol. The van der Waals surface area contributed by atoms with Gasteiger partial charge in [-0.15, -0.1) is 12.4 Å².